The molecule has 0 radical (unpaired) electrons. The number of ether oxygens (including phenoxy) is 1. The van der Waals surface area contributed by atoms with Crippen LogP contribution in [0.4, 0.5) is 11.4 Å². The summed E-state index contributed by atoms with van der Waals surface area (Å²) in [4.78, 5) is 24.8. The fourth-order valence-electron chi connectivity index (χ4n) is 2.49. The first kappa shape index (κ1) is 25.8. The molecule has 32 heavy (non-hydrogen) atoms. The van der Waals surface area contributed by atoms with Crippen molar-refractivity contribution in [1.82, 2.24) is 5.32 Å². The zero-order valence-corrected chi connectivity index (χ0v) is 21.4. The first-order chi connectivity index (χ1) is 15.0. The van der Waals surface area contributed by atoms with Crippen LogP contribution in [0.2, 0.25) is 0 Å². The molecule has 172 valence electrons. The maximum atomic E-state index is 12.6. The Bertz CT molecular complexity index is 987. The maximum absolute atomic E-state index is 12.6. The zero-order chi connectivity index (χ0) is 23.9. The van der Waals surface area contributed by atoms with E-state index < -0.39 is 5.41 Å². The minimum atomic E-state index is -0.504. The van der Waals surface area contributed by atoms with Gasteiger partial charge in [-0.1, -0.05) is 40.7 Å². The first-order valence-corrected chi connectivity index (χ1v) is 11.6. The van der Waals surface area contributed by atoms with Crippen molar-refractivity contribution in [3.8, 4) is 5.75 Å². The number of nitrogens with one attached hydrogen (secondary N) is 3. The van der Waals surface area contributed by atoms with Gasteiger partial charge in [-0.2, -0.15) is 0 Å². The topological polar surface area (TPSA) is 79.5 Å². The SMILES string of the molecule is CC(C)CCOc1ccc(C(=O)NC(=S)Nc2cccc(NC(=O)C(C)(C)C)c2)cc1Br. The lowest BCUT2D eigenvalue weighted by Gasteiger charge is -2.18. The van der Waals surface area contributed by atoms with E-state index >= 15 is 0 Å². The molecule has 2 rings (SSSR count). The smallest absolute Gasteiger partial charge is 0.257 e. The van der Waals surface area contributed by atoms with Crippen LogP contribution >= 0.6 is 28.1 Å². The quantitative estimate of drug-likeness (QED) is 0.391. The first-order valence-electron chi connectivity index (χ1n) is 10.4. The van der Waals surface area contributed by atoms with Crippen molar-refractivity contribution < 1.29 is 14.3 Å². The van der Waals surface area contributed by atoms with Crippen molar-refractivity contribution in [2.75, 3.05) is 17.2 Å². The van der Waals surface area contributed by atoms with Gasteiger partial charge in [0.1, 0.15) is 5.75 Å². The average Bonchev–Trinajstić information content (AvgIpc) is 2.68. The summed E-state index contributed by atoms with van der Waals surface area (Å²) in [6, 6.07) is 12.3. The van der Waals surface area contributed by atoms with Crippen LogP contribution in [0.25, 0.3) is 0 Å². The van der Waals surface area contributed by atoms with Crippen molar-refractivity contribution >= 4 is 56.4 Å². The molecule has 0 aliphatic carbocycles. The highest BCUT2D eigenvalue weighted by molar-refractivity contribution is 9.10. The van der Waals surface area contributed by atoms with Gasteiger partial charge in [-0.15, -0.1) is 0 Å². The molecular weight excluding hydrogens is 490 g/mol. The Morgan fingerprint density at radius 2 is 1.72 bits per heavy atom. The molecule has 0 fully saturated rings. The summed E-state index contributed by atoms with van der Waals surface area (Å²) >= 11 is 8.73. The number of amides is 2. The van der Waals surface area contributed by atoms with Gasteiger partial charge in [-0.3, -0.25) is 14.9 Å². The third-order valence-electron chi connectivity index (χ3n) is 4.43. The second-order valence-electron chi connectivity index (χ2n) is 8.87. The fourth-order valence-corrected chi connectivity index (χ4v) is 3.20. The van der Waals surface area contributed by atoms with Gasteiger partial charge >= 0.3 is 0 Å². The Labute approximate surface area is 203 Å². The van der Waals surface area contributed by atoms with E-state index in [1.54, 1.807) is 42.5 Å². The van der Waals surface area contributed by atoms with Crippen molar-refractivity contribution in [3.63, 3.8) is 0 Å². The minimum absolute atomic E-state index is 0.0901. The molecule has 0 atom stereocenters. The van der Waals surface area contributed by atoms with E-state index in [2.05, 4.69) is 45.7 Å². The molecule has 3 N–H and O–H groups in total. The number of rotatable bonds is 7. The highest BCUT2D eigenvalue weighted by atomic mass is 79.9. The molecule has 0 saturated carbocycles. The summed E-state index contributed by atoms with van der Waals surface area (Å²) < 4.78 is 6.46. The van der Waals surface area contributed by atoms with Crippen LogP contribution in [0.1, 0.15) is 51.4 Å². The van der Waals surface area contributed by atoms with Crippen LogP contribution in [0, 0.1) is 11.3 Å². The van der Waals surface area contributed by atoms with E-state index in [9.17, 15) is 9.59 Å². The molecule has 0 aliphatic heterocycles. The van der Waals surface area contributed by atoms with Gasteiger partial charge in [0, 0.05) is 22.4 Å². The van der Waals surface area contributed by atoms with E-state index in [1.807, 2.05) is 20.8 Å². The van der Waals surface area contributed by atoms with Gasteiger partial charge in [-0.05, 0) is 76.9 Å². The van der Waals surface area contributed by atoms with Gasteiger partial charge in [0.25, 0.3) is 5.91 Å². The monoisotopic (exact) mass is 519 g/mol. The highest BCUT2D eigenvalue weighted by Gasteiger charge is 2.21. The minimum Gasteiger partial charge on any atom is -0.492 e. The van der Waals surface area contributed by atoms with E-state index in [0.717, 1.165) is 6.42 Å². The Balaban J connectivity index is 1.95. The van der Waals surface area contributed by atoms with E-state index in [1.165, 1.54) is 0 Å². The molecule has 0 unspecified atom stereocenters. The third-order valence-corrected chi connectivity index (χ3v) is 5.26. The molecule has 2 aromatic carbocycles. The number of hydrogen-bond acceptors (Lipinski definition) is 4. The second kappa shape index (κ2) is 11.4. The molecule has 2 amide bonds. The maximum Gasteiger partial charge on any atom is 0.257 e. The summed E-state index contributed by atoms with van der Waals surface area (Å²) in [5, 5.41) is 8.66. The van der Waals surface area contributed by atoms with Crippen molar-refractivity contribution in [2.45, 2.75) is 41.0 Å². The normalized spacial score (nSPS) is 11.1. The summed E-state index contributed by atoms with van der Waals surface area (Å²) in [6.45, 7) is 10.4. The van der Waals surface area contributed by atoms with Gasteiger partial charge in [-0.25, -0.2) is 0 Å². The number of thiocarbonyl (C=S) groups is 1. The van der Waals surface area contributed by atoms with E-state index in [4.69, 9.17) is 17.0 Å². The third kappa shape index (κ3) is 8.24. The van der Waals surface area contributed by atoms with Crippen LogP contribution in [-0.4, -0.2) is 23.5 Å². The second-order valence-corrected chi connectivity index (χ2v) is 10.1. The van der Waals surface area contributed by atoms with Crippen LogP contribution in [-0.2, 0) is 4.79 Å². The number of carbonyl (C=O) groups is 2. The Hall–Kier alpha value is -2.45. The molecule has 6 nitrogen and oxygen atoms in total. The van der Waals surface area contributed by atoms with Crippen molar-refractivity contribution in [2.24, 2.45) is 11.3 Å². The Morgan fingerprint density at radius 3 is 2.31 bits per heavy atom. The van der Waals surface area contributed by atoms with Gasteiger partial charge in [0.15, 0.2) is 5.11 Å². The number of benzene rings is 2. The average molecular weight is 520 g/mol. The number of hydrogen-bond donors (Lipinski definition) is 3. The number of anilines is 2. The molecule has 0 spiro atoms. The van der Waals surface area contributed by atoms with Crippen LogP contribution in [0.5, 0.6) is 5.75 Å². The standard InChI is InChI=1S/C24H30BrN3O3S/c1-15(2)11-12-31-20-10-9-16(13-19(20)25)21(29)28-23(32)27-18-8-6-7-17(14-18)26-22(30)24(3,4)5/h6-10,13-15H,11-12H2,1-5H3,(H,26,30)(H2,27,28,29,32). The lowest BCUT2D eigenvalue weighted by Crippen LogP contribution is -2.34. The zero-order valence-electron chi connectivity index (χ0n) is 19.0. The van der Waals surface area contributed by atoms with Crippen LogP contribution in [0.3, 0.4) is 0 Å². The molecular formula is C24H30BrN3O3S. The van der Waals surface area contributed by atoms with Crippen molar-refractivity contribution in [1.29, 1.82) is 0 Å². The predicted molar refractivity (Wildman–Crippen MR) is 137 cm³/mol. The summed E-state index contributed by atoms with van der Waals surface area (Å²) in [7, 11) is 0. The fraction of sp³-hybridized carbons (Fsp3) is 0.375. The van der Waals surface area contributed by atoms with Crippen LogP contribution in [0.15, 0.2) is 46.9 Å². The Morgan fingerprint density at radius 1 is 1.06 bits per heavy atom. The van der Waals surface area contributed by atoms with E-state index in [0.29, 0.717) is 39.7 Å². The number of halogens is 1. The van der Waals surface area contributed by atoms with Gasteiger partial charge in [0.2, 0.25) is 5.91 Å². The molecule has 0 aromatic heterocycles. The van der Waals surface area contributed by atoms with Crippen molar-refractivity contribution in [3.05, 3.63) is 52.5 Å². The predicted octanol–water partition coefficient (Wildman–Crippen LogP) is 5.99. The molecule has 2 aromatic rings. The molecule has 8 heteroatoms. The lowest BCUT2D eigenvalue weighted by atomic mass is 9.95. The number of carbonyl (C=O) groups excluding carboxylic acids is 2. The molecule has 0 bridgehead atoms. The summed E-state index contributed by atoms with van der Waals surface area (Å²) in [5.41, 5.74) is 1.23. The largest absolute Gasteiger partial charge is 0.492 e. The van der Waals surface area contributed by atoms with Crippen LogP contribution < -0.4 is 20.7 Å². The highest BCUT2D eigenvalue weighted by Crippen LogP contribution is 2.26. The Kier molecular flexibility index (Phi) is 9.21. The van der Waals surface area contributed by atoms with Gasteiger partial charge in [0.05, 0.1) is 11.1 Å². The summed E-state index contributed by atoms with van der Waals surface area (Å²) in [5.74, 6) is 0.821. The van der Waals surface area contributed by atoms with Gasteiger partial charge < -0.3 is 15.4 Å². The van der Waals surface area contributed by atoms with E-state index in [-0.39, 0.29) is 16.9 Å². The molecule has 0 aliphatic rings. The molecule has 0 saturated heterocycles. The molecule has 0 heterocycles. The summed E-state index contributed by atoms with van der Waals surface area (Å²) in [6.07, 6.45) is 0.954. The lowest BCUT2D eigenvalue weighted by molar-refractivity contribution is -0.123.